The second kappa shape index (κ2) is 5.98. The van der Waals surface area contributed by atoms with Gasteiger partial charge in [-0.15, -0.1) is 0 Å². The summed E-state index contributed by atoms with van der Waals surface area (Å²) < 4.78 is 5.70. The van der Waals surface area contributed by atoms with Crippen LogP contribution in [-0.4, -0.2) is 35.3 Å². The zero-order valence-corrected chi connectivity index (χ0v) is 11.9. The number of allylic oxidation sites excluding steroid dienone is 1. The average Bonchev–Trinajstić information content (AvgIpc) is 2.49. The minimum absolute atomic E-state index is 0.674. The first-order valence-electron chi connectivity index (χ1n) is 7.58. The molecule has 108 valence electrons. The molecule has 0 saturated carbocycles. The van der Waals surface area contributed by atoms with Crippen LogP contribution in [0.3, 0.4) is 0 Å². The van der Waals surface area contributed by atoms with Gasteiger partial charge >= 0.3 is 0 Å². The Labute approximate surface area is 120 Å². The number of ether oxygens (including phenoxy) is 1. The largest absolute Gasteiger partial charge is 0.495 e. The first-order valence-corrected chi connectivity index (χ1v) is 7.58. The van der Waals surface area contributed by atoms with Crippen LogP contribution in [0.15, 0.2) is 42.2 Å². The average molecular weight is 273 g/mol. The third-order valence-electron chi connectivity index (χ3n) is 4.19. The molecule has 3 heteroatoms. The number of hydrogen-bond acceptors (Lipinski definition) is 3. The van der Waals surface area contributed by atoms with Crippen LogP contribution in [0.1, 0.15) is 31.2 Å². The smallest absolute Gasteiger partial charge is 0.134 e. The number of nitrogens with zero attached hydrogens (tertiary/aromatic N) is 1. The summed E-state index contributed by atoms with van der Waals surface area (Å²) in [5.74, 6) is 0.807. The Kier molecular flexibility index (Phi) is 4.08. The normalized spacial score (nSPS) is 27.8. The second-order valence-electron chi connectivity index (χ2n) is 5.89. The van der Waals surface area contributed by atoms with Crippen molar-refractivity contribution < 1.29 is 9.84 Å². The molecular formula is C17H23NO2. The van der Waals surface area contributed by atoms with Gasteiger partial charge in [-0.3, -0.25) is 4.90 Å². The predicted molar refractivity (Wildman–Crippen MR) is 79.2 cm³/mol. The van der Waals surface area contributed by atoms with E-state index in [2.05, 4.69) is 35.2 Å². The van der Waals surface area contributed by atoms with Crippen molar-refractivity contribution in [2.75, 3.05) is 19.7 Å². The van der Waals surface area contributed by atoms with E-state index in [1.165, 1.54) is 5.56 Å². The molecule has 0 amide bonds. The zero-order chi connectivity index (χ0) is 13.8. The molecule has 3 rings (SSSR count). The maximum Gasteiger partial charge on any atom is 0.134 e. The van der Waals surface area contributed by atoms with Crippen molar-refractivity contribution in [3.05, 3.63) is 47.7 Å². The first-order chi connectivity index (χ1) is 9.76. The van der Waals surface area contributed by atoms with Crippen LogP contribution in [0.25, 0.3) is 0 Å². The molecule has 3 nitrogen and oxygen atoms in total. The highest BCUT2D eigenvalue weighted by molar-refractivity contribution is 5.17. The third-order valence-corrected chi connectivity index (χ3v) is 4.19. The van der Waals surface area contributed by atoms with Crippen molar-refractivity contribution in [2.45, 2.75) is 37.8 Å². The van der Waals surface area contributed by atoms with Gasteiger partial charge in [-0.05, 0) is 43.9 Å². The fraction of sp³-hybridized carbons (Fsp3) is 0.529. The molecule has 0 aliphatic carbocycles. The Bertz CT molecular complexity index is 471. The standard InChI is InChI=1S/C17H23NO2/c19-17(16-9-4-5-12-20-16)10-6-11-18(14-17)13-15-7-2-1-3-8-15/h1-3,7-9,19H,4-6,10-14H2. The molecule has 0 radical (unpaired) electrons. The van der Waals surface area contributed by atoms with E-state index in [0.29, 0.717) is 6.54 Å². The first kappa shape index (κ1) is 13.7. The van der Waals surface area contributed by atoms with Crippen molar-refractivity contribution in [3.8, 4) is 0 Å². The van der Waals surface area contributed by atoms with E-state index in [9.17, 15) is 5.11 Å². The number of β-amino-alcohol motifs (C(OH)–C–C–N with tert-alkyl or cyclic N) is 1. The fourth-order valence-electron chi connectivity index (χ4n) is 3.18. The maximum atomic E-state index is 10.9. The molecule has 1 saturated heterocycles. The van der Waals surface area contributed by atoms with Crippen LogP contribution in [0.2, 0.25) is 0 Å². The highest BCUT2D eigenvalue weighted by atomic mass is 16.5. The van der Waals surface area contributed by atoms with E-state index in [4.69, 9.17) is 4.74 Å². The topological polar surface area (TPSA) is 32.7 Å². The van der Waals surface area contributed by atoms with E-state index >= 15 is 0 Å². The van der Waals surface area contributed by atoms with Crippen molar-refractivity contribution in [3.63, 3.8) is 0 Å². The summed E-state index contributed by atoms with van der Waals surface area (Å²) in [5.41, 5.74) is 0.517. The number of aliphatic hydroxyl groups is 1. The molecule has 2 aliphatic rings. The van der Waals surface area contributed by atoms with Crippen LogP contribution in [0, 0.1) is 0 Å². The van der Waals surface area contributed by atoms with E-state index in [0.717, 1.165) is 51.1 Å². The fourth-order valence-corrected chi connectivity index (χ4v) is 3.18. The summed E-state index contributed by atoms with van der Waals surface area (Å²) >= 11 is 0. The van der Waals surface area contributed by atoms with Crippen LogP contribution in [0.4, 0.5) is 0 Å². The number of hydrogen-bond donors (Lipinski definition) is 1. The number of likely N-dealkylation sites (tertiary alicyclic amines) is 1. The molecule has 0 spiro atoms. The summed E-state index contributed by atoms with van der Waals surface area (Å²) in [6, 6.07) is 10.5. The van der Waals surface area contributed by atoms with Crippen LogP contribution in [0.5, 0.6) is 0 Å². The molecule has 2 aliphatic heterocycles. The minimum Gasteiger partial charge on any atom is -0.495 e. The molecule has 20 heavy (non-hydrogen) atoms. The summed E-state index contributed by atoms with van der Waals surface area (Å²) in [6.07, 6.45) is 5.99. The molecule has 2 heterocycles. The SMILES string of the molecule is OC1(C2=CCCCO2)CCCN(Cc2ccccc2)C1. The summed E-state index contributed by atoms with van der Waals surface area (Å²) in [5, 5.41) is 10.9. The van der Waals surface area contributed by atoms with E-state index in [1.54, 1.807) is 0 Å². The molecule has 1 N–H and O–H groups in total. The quantitative estimate of drug-likeness (QED) is 0.919. The van der Waals surface area contributed by atoms with Crippen molar-refractivity contribution in [1.82, 2.24) is 4.90 Å². The number of rotatable bonds is 3. The summed E-state index contributed by atoms with van der Waals surface area (Å²) in [6.45, 7) is 3.36. The lowest BCUT2D eigenvalue weighted by Gasteiger charge is -2.41. The maximum absolute atomic E-state index is 10.9. The highest BCUT2D eigenvalue weighted by Gasteiger charge is 2.38. The lowest BCUT2D eigenvalue weighted by Crippen LogP contribution is -2.49. The van der Waals surface area contributed by atoms with Gasteiger partial charge in [0.15, 0.2) is 0 Å². The van der Waals surface area contributed by atoms with Gasteiger partial charge in [0.05, 0.1) is 6.61 Å². The Hall–Kier alpha value is -1.32. The predicted octanol–water partition coefficient (Wildman–Crippen LogP) is 2.71. The Morgan fingerprint density at radius 1 is 1.20 bits per heavy atom. The third kappa shape index (κ3) is 3.05. The highest BCUT2D eigenvalue weighted by Crippen LogP contribution is 2.32. The van der Waals surface area contributed by atoms with E-state index in [-0.39, 0.29) is 0 Å². The van der Waals surface area contributed by atoms with Gasteiger partial charge in [0.2, 0.25) is 0 Å². The second-order valence-corrected chi connectivity index (χ2v) is 5.89. The van der Waals surface area contributed by atoms with Crippen LogP contribution < -0.4 is 0 Å². The summed E-state index contributed by atoms with van der Waals surface area (Å²) in [4.78, 5) is 2.33. The van der Waals surface area contributed by atoms with Crippen molar-refractivity contribution in [2.24, 2.45) is 0 Å². The Morgan fingerprint density at radius 3 is 2.80 bits per heavy atom. The number of piperidine rings is 1. The van der Waals surface area contributed by atoms with Gasteiger partial charge in [0.1, 0.15) is 11.4 Å². The summed E-state index contributed by atoms with van der Waals surface area (Å²) in [7, 11) is 0. The van der Waals surface area contributed by atoms with E-state index < -0.39 is 5.60 Å². The van der Waals surface area contributed by atoms with Crippen molar-refractivity contribution >= 4 is 0 Å². The Balaban J connectivity index is 1.68. The van der Waals surface area contributed by atoms with Gasteiger partial charge in [-0.2, -0.15) is 0 Å². The Morgan fingerprint density at radius 2 is 2.05 bits per heavy atom. The monoisotopic (exact) mass is 273 g/mol. The molecule has 1 aromatic rings. The van der Waals surface area contributed by atoms with Crippen LogP contribution in [-0.2, 0) is 11.3 Å². The lowest BCUT2D eigenvalue weighted by atomic mass is 9.89. The molecule has 0 aromatic heterocycles. The van der Waals surface area contributed by atoms with Crippen molar-refractivity contribution in [1.29, 1.82) is 0 Å². The minimum atomic E-state index is -0.784. The molecule has 1 aromatic carbocycles. The molecule has 0 bridgehead atoms. The molecule has 1 atom stereocenters. The zero-order valence-electron chi connectivity index (χ0n) is 11.9. The molecule has 1 unspecified atom stereocenters. The van der Waals surface area contributed by atoms with Gasteiger partial charge in [0, 0.05) is 13.1 Å². The van der Waals surface area contributed by atoms with Crippen LogP contribution >= 0.6 is 0 Å². The van der Waals surface area contributed by atoms with Gasteiger partial charge in [-0.25, -0.2) is 0 Å². The lowest BCUT2D eigenvalue weighted by molar-refractivity contribution is -0.0493. The molecular weight excluding hydrogens is 250 g/mol. The number of benzene rings is 1. The van der Waals surface area contributed by atoms with Gasteiger partial charge in [0.25, 0.3) is 0 Å². The molecule has 1 fully saturated rings. The van der Waals surface area contributed by atoms with Gasteiger partial charge in [-0.1, -0.05) is 30.3 Å². The van der Waals surface area contributed by atoms with Gasteiger partial charge < -0.3 is 9.84 Å². The van der Waals surface area contributed by atoms with E-state index in [1.807, 2.05) is 6.07 Å².